The number of aromatic nitrogens is 2. The number of benzene rings is 1. The highest BCUT2D eigenvalue weighted by Gasteiger charge is 2.19. The van der Waals surface area contributed by atoms with Gasteiger partial charge in [-0.05, 0) is 28.9 Å². The van der Waals surface area contributed by atoms with Crippen LogP contribution in [-0.2, 0) is 11.4 Å². The average Bonchev–Trinajstić information content (AvgIpc) is 2.82. The SMILES string of the molecule is Cc1nc(Br)cc(Nc2c(Cl)cc(Cl)c3c2N=S=N3)n1. The van der Waals surface area contributed by atoms with Gasteiger partial charge in [-0.1, -0.05) is 23.2 Å². The molecular formula is C11H6BrCl2N5S. The summed E-state index contributed by atoms with van der Waals surface area (Å²) in [6, 6.07) is 3.39. The molecule has 0 saturated heterocycles. The minimum absolute atomic E-state index is 0.461. The van der Waals surface area contributed by atoms with Gasteiger partial charge < -0.3 is 5.32 Å². The van der Waals surface area contributed by atoms with Crippen molar-refractivity contribution in [2.45, 2.75) is 6.92 Å². The highest BCUT2D eigenvalue weighted by atomic mass is 79.9. The van der Waals surface area contributed by atoms with E-state index in [1.807, 2.05) is 0 Å². The minimum Gasteiger partial charge on any atom is -0.337 e. The molecule has 0 unspecified atom stereocenters. The Kier molecular flexibility index (Phi) is 3.76. The Hall–Kier alpha value is -1.02. The predicted octanol–water partition coefficient (Wildman–Crippen LogP) is 5.32. The van der Waals surface area contributed by atoms with Gasteiger partial charge in [0.05, 0.1) is 27.1 Å². The molecular weight excluding hydrogens is 385 g/mol. The highest BCUT2D eigenvalue weighted by Crippen LogP contribution is 2.48. The van der Waals surface area contributed by atoms with E-state index in [0.717, 1.165) is 11.4 Å². The first-order valence-corrected chi connectivity index (χ1v) is 7.71. The van der Waals surface area contributed by atoms with E-state index < -0.39 is 0 Å². The topological polar surface area (TPSA) is 62.5 Å². The summed E-state index contributed by atoms with van der Waals surface area (Å²) < 4.78 is 9.07. The second-order valence-electron chi connectivity index (χ2n) is 3.92. The van der Waals surface area contributed by atoms with Crippen molar-refractivity contribution < 1.29 is 0 Å². The normalized spacial score (nSPS) is 12.2. The van der Waals surface area contributed by atoms with Crippen molar-refractivity contribution in [2.75, 3.05) is 5.32 Å². The van der Waals surface area contributed by atoms with Gasteiger partial charge >= 0.3 is 0 Å². The van der Waals surface area contributed by atoms with Gasteiger partial charge in [0.25, 0.3) is 0 Å². The Balaban J connectivity index is 2.08. The summed E-state index contributed by atoms with van der Waals surface area (Å²) in [7, 11) is 0. The Morgan fingerprint density at radius 2 is 1.85 bits per heavy atom. The lowest BCUT2D eigenvalue weighted by Gasteiger charge is -2.11. The molecule has 1 N–H and O–H groups in total. The summed E-state index contributed by atoms with van der Waals surface area (Å²) in [4.78, 5) is 8.45. The van der Waals surface area contributed by atoms with Crippen LogP contribution in [0.15, 0.2) is 25.5 Å². The summed E-state index contributed by atoms with van der Waals surface area (Å²) in [5.74, 6) is 1.25. The number of nitrogens with one attached hydrogen (secondary N) is 1. The summed E-state index contributed by atoms with van der Waals surface area (Å²) in [5, 5.41) is 4.08. The maximum atomic E-state index is 6.23. The molecule has 0 atom stereocenters. The van der Waals surface area contributed by atoms with Crippen LogP contribution in [0.4, 0.5) is 22.9 Å². The number of hydrogen-bond acceptors (Lipinski definition) is 5. The molecule has 1 aliphatic heterocycles. The Morgan fingerprint density at radius 3 is 2.60 bits per heavy atom. The number of anilines is 2. The summed E-state index contributed by atoms with van der Waals surface area (Å²) in [6.07, 6.45) is 0. The molecule has 102 valence electrons. The molecule has 5 nitrogen and oxygen atoms in total. The van der Waals surface area contributed by atoms with Gasteiger partial charge in [0, 0.05) is 6.07 Å². The lowest BCUT2D eigenvalue weighted by Crippen LogP contribution is -1.98. The largest absolute Gasteiger partial charge is 0.337 e. The molecule has 1 aromatic carbocycles. The van der Waals surface area contributed by atoms with E-state index in [9.17, 15) is 0 Å². The molecule has 3 rings (SSSR count). The number of fused-ring (bicyclic) bond motifs is 1. The van der Waals surface area contributed by atoms with Gasteiger partial charge in [0.1, 0.15) is 27.6 Å². The summed E-state index contributed by atoms with van der Waals surface area (Å²) in [6.45, 7) is 1.80. The maximum Gasteiger partial charge on any atom is 0.135 e. The second-order valence-corrected chi connectivity index (χ2v) is 6.08. The van der Waals surface area contributed by atoms with E-state index in [1.54, 1.807) is 19.1 Å². The molecule has 0 aliphatic carbocycles. The quantitative estimate of drug-likeness (QED) is 0.602. The molecule has 0 radical (unpaired) electrons. The number of nitrogens with zero attached hydrogens (tertiary/aromatic N) is 4. The van der Waals surface area contributed by atoms with Crippen LogP contribution < -0.4 is 5.32 Å². The van der Waals surface area contributed by atoms with Crippen LogP contribution >= 0.6 is 39.1 Å². The van der Waals surface area contributed by atoms with Crippen LogP contribution in [0.1, 0.15) is 5.82 Å². The summed E-state index contributed by atoms with van der Waals surface area (Å²) in [5.41, 5.74) is 1.87. The third-order valence-electron chi connectivity index (χ3n) is 2.50. The van der Waals surface area contributed by atoms with Crippen molar-refractivity contribution in [3.63, 3.8) is 0 Å². The standard InChI is InChI=1S/C11H6BrCl2N5S/c1-4-15-7(12)3-8(16-4)17-9-5(13)2-6(14)10-11(9)19-20-18-10/h2-3H,1H3,(H,15,16,17). The molecule has 2 aromatic rings. The zero-order valence-corrected chi connectivity index (χ0v) is 13.9. The van der Waals surface area contributed by atoms with E-state index in [0.29, 0.717) is 43.4 Å². The predicted molar refractivity (Wildman–Crippen MR) is 85.8 cm³/mol. The van der Waals surface area contributed by atoms with Gasteiger partial charge in [-0.25, -0.2) is 9.97 Å². The monoisotopic (exact) mass is 389 g/mol. The van der Waals surface area contributed by atoms with Crippen molar-refractivity contribution in [3.8, 4) is 0 Å². The molecule has 0 fully saturated rings. The van der Waals surface area contributed by atoms with Crippen LogP contribution in [0.2, 0.25) is 10.0 Å². The number of rotatable bonds is 2. The van der Waals surface area contributed by atoms with Gasteiger partial charge in [-0.15, -0.1) is 0 Å². The van der Waals surface area contributed by atoms with Gasteiger partial charge in [0.15, 0.2) is 0 Å². The van der Waals surface area contributed by atoms with E-state index in [-0.39, 0.29) is 0 Å². The first kappa shape index (κ1) is 13.9. The molecule has 9 heteroatoms. The fourth-order valence-corrected chi connectivity index (χ4v) is 3.35. The third kappa shape index (κ3) is 2.58. The molecule has 0 saturated carbocycles. The van der Waals surface area contributed by atoms with Gasteiger partial charge in [-0.3, -0.25) is 0 Å². The maximum absolute atomic E-state index is 6.23. The van der Waals surface area contributed by atoms with Crippen LogP contribution in [0.3, 0.4) is 0 Å². The van der Waals surface area contributed by atoms with Crippen LogP contribution in [0.5, 0.6) is 0 Å². The first-order valence-electron chi connectivity index (χ1n) is 5.43. The van der Waals surface area contributed by atoms with Crippen molar-refractivity contribution in [1.29, 1.82) is 0 Å². The molecule has 2 heterocycles. The average molecular weight is 391 g/mol. The Bertz CT molecular complexity index is 769. The third-order valence-corrected chi connectivity index (χ3v) is 4.02. The van der Waals surface area contributed by atoms with E-state index in [2.05, 4.69) is 39.9 Å². The molecule has 20 heavy (non-hydrogen) atoms. The molecule has 1 aromatic heterocycles. The fraction of sp³-hybridized carbons (Fsp3) is 0.0909. The van der Waals surface area contributed by atoms with Gasteiger partial charge in [0.2, 0.25) is 0 Å². The van der Waals surface area contributed by atoms with Crippen molar-refractivity contribution in [1.82, 2.24) is 9.97 Å². The van der Waals surface area contributed by atoms with Crippen molar-refractivity contribution in [2.24, 2.45) is 8.73 Å². The molecule has 1 aliphatic rings. The summed E-state index contributed by atoms with van der Waals surface area (Å²) >= 11 is 16.7. The van der Waals surface area contributed by atoms with E-state index >= 15 is 0 Å². The zero-order chi connectivity index (χ0) is 14.3. The number of hydrogen-bond donors (Lipinski definition) is 1. The fourth-order valence-electron chi connectivity index (χ4n) is 1.72. The van der Waals surface area contributed by atoms with E-state index in [4.69, 9.17) is 23.2 Å². The smallest absolute Gasteiger partial charge is 0.135 e. The number of aryl methyl sites for hydroxylation is 1. The van der Waals surface area contributed by atoms with Crippen LogP contribution in [0.25, 0.3) is 0 Å². The Labute approximate surface area is 136 Å². The Morgan fingerprint density at radius 1 is 1.10 bits per heavy atom. The molecule has 0 spiro atoms. The van der Waals surface area contributed by atoms with Crippen molar-refractivity contribution in [3.05, 3.63) is 32.6 Å². The number of halogens is 3. The van der Waals surface area contributed by atoms with Crippen molar-refractivity contribution >= 4 is 73.4 Å². The highest BCUT2D eigenvalue weighted by molar-refractivity contribution is 9.10. The molecule has 0 bridgehead atoms. The first-order chi connectivity index (χ1) is 9.54. The van der Waals surface area contributed by atoms with Gasteiger partial charge in [-0.2, -0.15) is 8.73 Å². The lowest BCUT2D eigenvalue weighted by molar-refractivity contribution is 1.04. The minimum atomic E-state index is 0.461. The zero-order valence-electron chi connectivity index (χ0n) is 9.99. The lowest BCUT2D eigenvalue weighted by atomic mass is 10.2. The second kappa shape index (κ2) is 5.40. The van der Waals surface area contributed by atoms with E-state index in [1.165, 1.54) is 0 Å². The van der Waals surface area contributed by atoms with Crippen LogP contribution in [0, 0.1) is 6.92 Å². The van der Waals surface area contributed by atoms with Crippen LogP contribution in [-0.4, -0.2) is 9.97 Å². The molecule has 0 amide bonds.